The van der Waals surface area contributed by atoms with Crippen LogP contribution in [0.15, 0.2) is 36.9 Å². The molecule has 4 heteroatoms. The van der Waals surface area contributed by atoms with Crippen molar-refractivity contribution in [2.45, 2.75) is 18.3 Å². The van der Waals surface area contributed by atoms with E-state index >= 15 is 0 Å². The van der Waals surface area contributed by atoms with Gasteiger partial charge in [0.25, 0.3) is 0 Å². The van der Waals surface area contributed by atoms with Crippen molar-refractivity contribution < 1.29 is 14.4 Å². The smallest absolute Gasteiger partial charge is 0.234 e. The van der Waals surface area contributed by atoms with E-state index in [0.717, 1.165) is 11.1 Å². The van der Waals surface area contributed by atoms with E-state index in [9.17, 15) is 14.4 Å². The van der Waals surface area contributed by atoms with Gasteiger partial charge in [-0.1, -0.05) is 30.3 Å². The number of likely N-dealkylation sites (tertiary alicyclic amines) is 1. The highest BCUT2D eigenvalue weighted by molar-refractivity contribution is 6.11. The maximum atomic E-state index is 12.6. The number of carbonyl (C=O) groups is 3. The summed E-state index contributed by atoms with van der Waals surface area (Å²) in [6.45, 7) is 3.84. The molecule has 1 aromatic rings. The summed E-state index contributed by atoms with van der Waals surface area (Å²) in [5.74, 6) is -1.70. The zero-order valence-electron chi connectivity index (χ0n) is 11.5. The molecule has 0 radical (unpaired) electrons. The van der Waals surface area contributed by atoms with Crippen LogP contribution in [0.25, 0.3) is 0 Å². The van der Waals surface area contributed by atoms with Crippen LogP contribution in [-0.4, -0.2) is 29.0 Å². The number of amides is 2. The van der Waals surface area contributed by atoms with Crippen molar-refractivity contribution in [2.24, 2.45) is 11.8 Å². The second-order valence-electron chi connectivity index (χ2n) is 6.01. The van der Waals surface area contributed by atoms with Crippen molar-refractivity contribution in [3.8, 4) is 0 Å². The maximum Gasteiger partial charge on any atom is 0.234 e. The van der Waals surface area contributed by atoms with Crippen LogP contribution in [-0.2, 0) is 14.4 Å². The predicted octanol–water partition coefficient (Wildman–Crippen LogP) is 1.63. The van der Waals surface area contributed by atoms with Crippen LogP contribution < -0.4 is 0 Å². The van der Waals surface area contributed by atoms with Crippen LogP contribution in [0.2, 0.25) is 0 Å². The normalized spacial score (nSPS) is 33.1. The summed E-state index contributed by atoms with van der Waals surface area (Å²) in [4.78, 5) is 38.8. The molecule has 2 amide bonds. The van der Waals surface area contributed by atoms with E-state index in [2.05, 4.69) is 6.58 Å². The molecule has 21 heavy (non-hydrogen) atoms. The van der Waals surface area contributed by atoms with Gasteiger partial charge in [0.15, 0.2) is 0 Å². The minimum Gasteiger partial charge on any atom is -0.299 e. The minimum absolute atomic E-state index is 0.0987. The lowest BCUT2D eigenvalue weighted by Crippen LogP contribution is -2.44. The molecular formula is C17H15NO3. The molecule has 1 heterocycles. The Morgan fingerprint density at radius 1 is 1.10 bits per heavy atom. The van der Waals surface area contributed by atoms with Crippen LogP contribution in [0.3, 0.4) is 0 Å². The van der Waals surface area contributed by atoms with Gasteiger partial charge in [0.1, 0.15) is 5.78 Å². The summed E-state index contributed by atoms with van der Waals surface area (Å²) in [5, 5.41) is 0. The molecule has 5 rings (SSSR count). The van der Waals surface area contributed by atoms with Gasteiger partial charge in [0.05, 0.1) is 17.8 Å². The van der Waals surface area contributed by atoms with Gasteiger partial charge in [-0.05, 0) is 11.1 Å². The standard InChI is InChI=1S/C17H15NO3/c1-2-7-18-16(20)14-11-8-12(19)13(15(14)17(18)21)10-6-4-3-5-9(10)11/h2-6,11,13-15H,1,7-8H2/t11-,13-,14+,15+/m1/s1. The number of Topliss-reactive ketones (excluding diaryl/α,β-unsaturated/α-hetero) is 1. The highest BCUT2D eigenvalue weighted by Gasteiger charge is 2.62. The first-order valence-electron chi connectivity index (χ1n) is 7.22. The molecular weight excluding hydrogens is 266 g/mol. The molecule has 1 aliphatic heterocycles. The van der Waals surface area contributed by atoms with Crippen LogP contribution >= 0.6 is 0 Å². The molecule has 1 saturated heterocycles. The molecule has 4 nitrogen and oxygen atoms in total. The van der Waals surface area contributed by atoms with E-state index in [1.165, 1.54) is 4.90 Å². The van der Waals surface area contributed by atoms with Crippen LogP contribution in [0.1, 0.15) is 29.4 Å². The number of fused-ring (bicyclic) bond motifs is 1. The van der Waals surface area contributed by atoms with E-state index in [4.69, 9.17) is 0 Å². The lowest BCUT2D eigenvalue weighted by Gasteiger charge is -2.43. The summed E-state index contributed by atoms with van der Waals surface area (Å²) < 4.78 is 0. The van der Waals surface area contributed by atoms with Gasteiger partial charge in [0.2, 0.25) is 11.8 Å². The fourth-order valence-corrected chi connectivity index (χ4v) is 4.33. The molecule has 0 spiro atoms. The number of benzene rings is 1. The third-order valence-corrected chi connectivity index (χ3v) is 5.09. The summed E-state index contributed by atoms with van der Waals surface area (Å²) in [5.41, 5.74) is 2.02. The number of rotatable bonds is 2. The van der Waals surface area contributed by atoms with Crippen LogP contribution in [0.4, 0.5) is 0 Å². The number of ketones is 1. The Morgan fingerprint density at radius 2 is 1.76 bits per heavy atom. The molecule has 4 aliphatic rings. The first-order chi connectivity index (χ1) is 10.1. The van der Waals surface area contributed by atoms with Gasteiger partial charge in [0, 0.05) is 18.9 Å². The van der Waals surface area contributed by atoms with Crippen molar-refractivity contribution in [1.29, 1.82) is 0 Å². The Morgan fingerprint density at radius 3 is 2.48 bits per heavy atom. The second-order valence-corrected chi connectivity index (χ2v) is 6.01. The molecule has 0 unspecified atom stereocenters. The van der Waals surface area contributed by atoms with Crippen molar-refractivity contribution in [3.63, 3.8) is 0 Å². The van der Waals surface area contributed by atoms with Gasteiger partial charge in [-0.15, -0.1) is 6.58 Å². The third kappa shape index (κ3) is 1.42. The summed E-state index contributed by atoms with van der Waals surface area (Å²) in [7, 11) is 0. The average Bonchev–Trinajstić information content (AvgIpc) is 2.74. The molecule has 4 atom stereocenters. The van der Waals surface area contributed by atoms with Gasteiger partial charge in [-0.3, -0.25) is 19.3 Å². The van der Waals surface area contributed by atoms with Crippen molar-refractivity contribution in [2.75, 3.05) is 6.54 Å². The number of hydrogen-bond acceptors (Lipinski definition) is 3. The van der Waals surface area contributed by atoms with Crippen LogP contribution in [0.5, 0.6) is 0 Å². The number of hydrogen-bond donors (Lipinski definition) is 0. The number of nitrogens with zero attached hydrogens (tertiary/aromatic N) is 1. The summed E-state index contributed by atoms with van der Waals surface area (Å²) >= 11 is 0. The van der Waals surface area contributed by atoms with E-state index in [1.807, 2.05) is 24.3 Å². The predicted molar refractivity (Wildman–Crippen MR) is 75.4 cm³/mol. The van der Waals surface area contributed by atoms with Gasteiger partial charge >= 0.3 is 0 Å². The Bertz CT molecular complexity index is 693. The lowest BCUT2D eigenvalue weighted by molar-refractivity contribution is -0.139. The van der Waals surface area contributed by atoms with Gasteiger partial charge < -0.3 is 0 Å². The fraction of sp³-hybridized carbons (Fsp3) is 0.353. The third-order valence-electron chi connectivity index (χ3n) is 5.09. The van der Waals surface area contributed by atoms with Crippen molar-refractivity contribution in [3.05, 3.63) is 48.0 Å². The number of imide groups is 1. The quantitative estimate of drug-likeness (QED) is 0.611. The number of carbonyl (C=O) groups excluding carboxylic acids is 3. The summed E-state index contributed by atoms with van der Waals surface area (Å²) in [6.07, 6.45) is 1.94. The lowest BCUT2D eigenvalue weighted by atomic mass is 9.56. The molecule has 106 valence electrons. The summed E-state index contributed by atoms with van der Waals surface area (Å²) in [6, 6.07) is 7.74. The topological polar surface area (TPSA) is 54.5 Å². The van der Waals surface area contributed by atoms with Crippen molar-refractivity contribution in [1.82, 2.24) is 4.90 Å². The molecule has 1 aromatic carbocycles. The zero-order chi connectivity index (χ0) is 14.7. The zero-order valence-corrected chi connectivity index (χ0v) is 11.5. The fourth-order valence-electron chi connectivity index (χ4n) is 4.33. The van der Waals surface area contributed by atoms with Crippen LogP contribution in [0, 0.1) is 11.8 Å². The van der Waals surface area contributed by atoms with E-state index in [1.54, 1.807) is 6.08 Å². The molecule has 0 N–H and O–H groups in total. The van der Waals surface area contributed by atoms with Gasteiger partial charge in [-0.2, -0.15) is 0 Å². The molecule has 2 fully saturated rings. The van der Waals surface area contributed by atoms with Gasteiger partial charge in [-0.25, -0.2) is 0 Å². The first-order valence-corrected chi connectivity index (χ1v) is 7.22. The molecule has 2 bridgehead atoms. The Balaban J connectivity index is 1.88. The Hall–Kier alpha value is -2.23. The Labute approximate surface area is 122 Å². The maximum absolute atomic E-state index is 12.6. The average molecular weight is 281 g/mol. The minimum atomic E-state index is -0.501. The second kappa shape index (κ2) is 4.13. The Kier molecular flexibility index (Phi) is 2.46. The SMILES string of the molecule is C=CCN1C(=O)[C@@H]2[C@@H](C1=O)[C@H]1C(=O)C[C@@H]2c2ccccc21. The highest BCUT2D eigenvalue weighted by atomic mass is 16.2. The largest absolute Gasteiger partial charge is 0.299 e. The van der Waals surface area contributed by atoms with E-state index < -0.39 is 11.8 Å². The van der Waals surface area contributed by atoms with E-state index in [-0.39, 0.29) is 36.0 Å². The highest BCUT2D eigenvalue weighted by Crippen LogP contribution is 2.57. The molecule has 1 saturated carbocycles. The molecule has 0 aromatic heterocycles. The first kappa shape index (κ1) is 12.5. The van der Waals surface area contributed by atoms with Crippen molar-refractivity contribution >= 4 is 17.6 Å². The monoisotopic (exact) mass is 281 g/mol. The molecule has 3 aliphatic carbocycles. The van der Waals surface area contributed by atoms with E-state index in [0.29, 0.717) is 6.42 Å².